The Morgan fingerprint density at radius 1 is 1.21 bits per heavy atom. The van der Waals surface area contributed by atoms with Gasteiger partial charge >= 0.3 is 5.97 Å². The summed E-state index contributed by atoms with van der Waals surface area (Å²) < 4.78 is 5.19. The number of nitrogens with zero attached hydrogens (tertiary/aromatic N) is 1. The standard InChI is InChI=1S/C22H20N2O4S/c1-11-17(12-5-7-15(28-2)8-6-12)16(10-23)21(29-11)24-20(25)18-13-3-4-14(9-13)19(18)22(26)27/h3-8,13-14,18-19H,9H2,1-2H3,(H,24,25)(H,26,27)/t13-,14-,18-,19-/m0/s1. The molecule has 7 heteroatoms. The zero-order valence-corrected chi connectivity index (χ0v) is 16.8. The Balaban J connectivity index is 1.64. The Bertz CT molecular complexity index is 1050. The highest BCUT2D eigenvalue weighted by Crippen LogP contribution is 2.49. The number of allylic oxidation sites excluding steroid dienone is 2. The summed E-state index contributed by atoms with van der Waals surface area (Å²) >= 11 is 1.34. The lowest BCUT2D eigenvalue weighted by molar-refractivity contribution is -0.146. The van der Waals surface area contributed by atoms with Gasteiger partial charge in [-0.25, -0.2) is 0 Å². The number of nitriles is 1. The molecule has 4 atom stereocenters. The molecular formula is C22H20N2O4S. The van der Waals surface area contributed by atoms with Crippen molar-refractivity contribution in [2.24, 2.45) is 23.7 Å². The predicted octanol–water partition coefficient (Wildman–Crippen LogP) is 4.07. The van der Waals surface area contributed by atoms with Gasteiger partial charge in [-0.1, -0.05) is 24.3 Å². The molecule has 4 rings (SSSR count). The van der Waals surface area contributed by atoms with Crippen LogP contribution in [0.3, 0.4) is 0 Å². The topological polar surface area (TPSA) is 99.4 Å². The average molecular weight is 408 g/mol. The molecule has 0 radical (unpaired) electrons. The molecule has 1 heterocycles. The lowest BCUT2D eigenvalue weighted by atomic mass is 9.82. The summed E-state index contributed by atoms with van der Waals surface area (Å²) in [5, 5.41) is 22.7. The lowest BCUT2D eigenvalue weighted by Gasteiger charge is -2.23. The Kier molecular flexibility index (Phi) is 4.89. The van der Waals surface area contributed by atoms with E-state index in [1.54, 1.807) is 7.11 Å². The number of hydrogen-bond acceptors (Lipinski definition) is 5. The van der Waals surface area contributed by atoms with Crippen LogP contribution < -0.4 is 10.1 Å². The molecule has 1 aromatic carbocycles. The smallest absolute Gasteiger partial charge is 0.307 e. The third-order valence-corrected chi connectivity index (χ3v) is 6.88. The van der Waals surface area contributed by atoms with Crippen LogP contribution >= 0.6 is 11.3 Å². The van der Waals surface area contributed by atoms with Gasteiger partial charge in [0.25, 0.3) is 0 Å². The fourth-order valence-electron chi connectivity index (χ4n) is 4.56. The number of methoxy groups -OCH3 is 1. The van der Waals surface area contributed by atoms with Gasteiger partial charge in [0.1, 0.15) is 16.8 Å². The van der Waals surface area contributed by atoms with E-state index in [2.05, 4.69) is 11.4 Å². The highest BCUT2D eigenvalue weighted by atomic mass is 32.1. The Hall–Kier alpha value is -3.11. The molecule has 2 aliphatic carbocycles. The summed E-state index contributed by atoms with van der Waals surface area (Å²) in [7, 11) is 1.59. The van der Waals surface area contributed by atoms with Crippen LogP contribution in [0.5, 0.6) is 5.75 Å². The van der Waals surface area contributed by atoms with Gasteiger partial charge in [-0.05, 0) is 42.9 Å². The number of amides is 1. The minimum Gasteiger partial charge on any atom is -0.497 e. The van der Waals surface area contributed by atoms with Crippen molar-refractivity contribution in [3.05, 3.63) is 46.9 Å². The van der Waals surface area contributed by atoms with E-state index in [0.717, 1.165) is 21.8 Å². The number of carbonyl (C=O) groups excluding carboxylic acids is 1. The van der Waals surface area contributed by atoms with Crippen LogP contribution in [0.2, 0.25) is 0 Å². The molecule has 29 heavy (non-hydrogen) atoms. The summed E-state index contributed by atoms with van der Waals surface area (Å²) in [4.78, 5) is 25.6. The third kappa shape index (κ3) is 3.19. The van der Waals surface area contributed by atoms with E-state index in [9.17, 15) is 20.0 Å². The summed E-state index contributed by atoms with van der Waals surface area (Å²) in [6.45, 7) is 1.90. The number of carboxylic acids is 1. The van der Waals surface area contributed by atoms with E-state index in [1.165, 1.54) is 11.3 Å². The van der Waals surface area contributed by atoms with Crippen molar-refractivity contribution in [1.29, 1.82) is 5.26 Å². The molecule has 2 aliphatic rings. The first-order valence-electron chi connectivity index (χ1n) is 9.34. The molecule has 0 saturated heterocycles. The van der Waals surface area contributed by atoms with Crippen LogP contribution in [0, 0.1) is 41.9 Å². The highest BCUT2D eigenvalue weighted by Gasteiger charge is 2.51. The van der Waals surface area contributed by atoms with E-state index >= 15 is 0 Å². The molecule has 2 N–H and O–H groups in total. The van der Waals surface area contributed by atoms with Gasteiger partial charge < -0.3 is 15.2 Å². The van der Waals surface area contributed by atoms with Crippen LogP contribution in [-0.4, -0.2) is 24.1 Å². The van der Waals surface area contributed by atoms with Crippen molar-refractivity contribution < 1.29 is 19.4 Å². The number of aryl methyl sites for hydroxylation is 1. The quantitative estimate of drug-likeness (QED) is 0.727. The largest absolute Gasteiger partial charge is 0.497 e. The molecular weight excluding hydrogens is 388 g/mol. The van der Waals surface area contributed by atoms with Crippen molar-refractivity contribution in [3.8, 4) is 22.9 Å². The van der Waals surface area contributed by atoms with E-state index in [4.69, 9.17) is 4.74 Å². The van der Waals surface area contributed by atoms with Crippen molar-refractivity contribution in [2.75, 3.05) is 12.4 Å². The lowest BCUT2D eigenvalue weighted by Crippen LogP contribution is -2.36. The van der Waals surface area contributed by atoms with Crippen LogP contribution in [0.1, 0.15) is 16.9 Å². The minimum atomic E-state index is -0.941. The maximum absolute atomic E-state index is 13.0. The SMILES string of the molecule is COc1ccc(-c2c(C)sc(NC(=O)[C@@H]3[C@@H](C(=O)O)[C@H]4C=C[C@H]3C4)c2C#N)cc1. The van der Waals surface area contributed by atoms with Crippen LogP contribution in [-0.2, 0) is 9.59 Å². The van der Waals surface area contributed by atoms with Crippen LogP contribution in [0.25, 0.3) is 11.1 Å². The van der Waals surface area contributed by atoms with E-state index in [-0.39, 0.29) is 17.7 Å². The molecule has 0 unspecified atom stereocenters. The Labute approximate surface area is 172 Å². The fraction of sp³-hybridized carbons (Fsp3) is 0.318. The van der Waals surface area contributed by atoms with E-state index < -0.39 is 17.8 Å². The normalized spacial score (nSPS) is 24.3. The van der Waals surface area contributed by atoms with Gasteiger partial charge in [0.15, 0.2) is 0 Å². The molecule has 1 saturated carbocycles. The van der Waals surface area contributed by atoms with Gasteiger partial charge in [0, 0.05) is 10.4 Å². The van der Waals surface area contributed by atoms with Gasteiger partial charge in [0.05, 0.1) is 24.5 Å². The Morgan fingerprint density at radius 3 is 2.45 bits per heavy atom. The van der Waals surface area contributed by atoms with Crippen molar-refractivity contribution in [2.45, 2.75) is 13.3 Å². The zero-order chi connectivity index (χ0) is 20.7. The Morgan fingerprint density at radius 2 is 1.86 bits per heavy atom. The number of nitrogens with one attached hydrogen (secondary N) is 1. The molecule has 1 amide bonds. The van der Waals surface area contributed by atoms with Crippen LogP contribution in [0.15, 0.2) is 36.4 Å². The number of rotatable bonds is 5. The zero-order valence-electron chi connectivity index (χ0n) is 16.0. The monoisotopic (exact) mass is 408 g/mol. The second-order valence-electron chi connectivity index (χ2n) is 7.41. The number of fused-ring (bicyclic) bond motifs is 2. The maximum atomic E-state index is 13.0. The number of benzene rings is 1. The minimum absolute atomic E-state index is 0.0613. The molecule has 2 aromatic rings. The third-order valence-electron chi connectivity index (χ3n) is 5.86. The first-order chi connectivity index (χ1) is 13.9. The van der Waals surface area contributed by atoms with Crippen molar-refractivity contribution >= 4 is 28.2 Å². The predicted molar refractivity (Wildman–Crippen MR) is 110 cm³/mol. The van der Waals surface area contributed by atoms with Crippen LogP contribution in [0.4, 0.5) is 5.00 Å². The number of thiophene rings is 1. The summed E-state index contributed by atoms with van der Waals surface area (Å²) in [5.41, 5.74) is 2.04. The fourth-order valence-corrected chi connectivity index (χ4v) is 5.59. The second kappa shape index (κ2) is 7.37. The molecule has 6 nitrogen and oxygen atoms in total. The van der Waals surface area contributed by atoms with E-state index in [0.29, 0.717) is 17.0 Å². The summed E-state index contributed by atoms with van der Waals surface area (Å²) in [6, 6.07) is 9.61. The number of carbonyl (C=O) groups is 2. The van der Waals surface area contributed by atoms with Gasteiger partial charge in [-0.2, -0.15) is 5.26 Å². The van der Waals surface area contributed by atoms with E-state index in [1.807, 2.05) is 43.3 Å². The first-order valence-corrected chi connectivity index (χ1v) is 10.2. The number of aliphatic carboxylic acids is 1. The highest BCUT2D eigenvalue weighted by molar-refractivity contribution is 7.17. The second-order valence-corrected chi connectivity index (χ2v) is 8.63. The molecule has 148 valence electrons. The number of carboxylic acid groups (broad SMARTS) is 1. The average Bonchev–Trinajstić information content (AvgIpc) is 3.40. The number of anilines is 1. The maximum Gasteiger partial charge on any atom is 0.307 e. The molecule has 0 aliphatic heterocycles. The number of hydrogen-bond donors (Lipinski definition) is 2. The molecule has 0 spiro atoms. The van der Waals surface area contributed by atoms with Gasteiger partial charge in [-0.15, -0.1) is 11.3 Å². The first kappa shape index (κ1) is 19.2. The number of ether oxygens (including phenoxy) is 1. The summed E-state index contributed by atoms with van der Waals surface area (Å²) in [6.07, 6.45) is 4.55. The van der Waals surface area contributed by atoms with Crippen molar-refractivity contribution in [1.82, 2.24) is 0 Å². The molecule has 2 bridgehead atoms. The molecule has 1 aromatic heterocycles. The van der Waals surface area contributed by atoms with Crippen molar-refractivity contribution in [3.63, 3.8) is 0 Å². The van der Waals surface area contributed by atoms with Gasteiger partial charge in [-0.3, -0.25) is 9.59 Å². The summed E-state index contributed by atoms with van der Waals surface area (Å²) in [5.74, 6) is -2.02. The molecule has 1 fully saturated rings. The van der Waals surface area contributed by atoms with Gasteiger partial charge in [0.2, 0.25) is 5.91 Å².